The van der Waals surface area contributed by atoms with Gasteiger partial charge in [0.25, 0.3) is 5.91 Å². The lowest BCUT2D eigenvalue weighted by Crippen LogP contribution is -2.48. The quantitative estimate of drug-likeness (QED) is 0.919. The highest BCUT2D eigenvalue weighted by Gasteiger charge is 2.17. The number of hydrogen-bond acceptors (Lipinski definition) is 3. The van der Waals surface area contributed by atoms with Gasteiger partial charge in [0.2, 0.25) is 0 Å². The van der Waals surface area contributed by atoms with Crippen molar-refractivity contribution in [2.75, 3.05) is 32.8 Å². The van der Waals surface area contributed by atoms with Crippen LogP contribution in [0.2, 0.25) is 5.02 Å². The Morgan fingerprint density at radius 2 is 1.89 bits per heavy atom. The van der Waals surface area contributed by atoms with Crippen LogP contribution in [-0.4, -0.2) is 43.6 Å². The highest BCUT2D eigenvalue weighted by molar-refractivity contribution is 6.30. The number of nitrogens with one attached hydrogen (secondary N) is 1. The van der Waals surface area contributed by atoms with Crippen LogP contribution in [-0.2, 0) is 4.79 Å². The Kier molecular flexibility index (Phi) is 4.66. The van der Waals surface area contributed by atoms with Crippen LogP contribution in [0.3, 0.4) is 0 Å². The maximum absolute atomic E-state index is 12.0. The summed E-state index contributed by atoms with van der Waals surface area (Å²) < 4.78 is 5.67. The van der Waals surface area contributed by atoms with Gasteiger partial charge < -0.3 is 15.0 Å². The molecule has 4 nitrogen and oxygen atoms in total. The molecule has 0 radical (unpaired) electrons. The van der Waals surface area contributed by atoms with E-state index in [0.717, 1.165) is 43.1 Å². The smallest absolute Gasteiger partial charge is 0.260 e. The van der Waals surface area contributed by atoms with Crippen molar-refractivity contribution in [3.05, 3.63) is 28.3 Å². The zero-order chi connectivity index (χ0) is 13.8. The first kappa shape index (κ1) is 14.2. The van der Waals surface area contributed by atoms with Gasteiger partial charge in [-0.3, -0.25) is 4.79 Å². The summed E-state index contributed by atoms with van der Waals surface area (Å²) in [5.41, 5.74) is 1.91. The van der Waals surface area contributed by atoms with E-state index < -0.39 is 0 Å². The monoisotopic (exact) mass is 282 g/mol. The summed E-state index contributed by atoms with van der Waals surface area (Å²) in [4.78, 5) is 13.8. The number of carbonyl (C=O) groups excluding carboxylic acids is 1. The van der Waals surface area contributed by atoms with Gasteiger partial charge in [-0.1, -0.05) is 11.6 Å². The molecule has 1 aliphatic rings. The van der Waals surface area contributed by atoms with E-state index in [2.05, 4.69) is 5.32 Å². The van der Waals surface area contributed by atoms with Crippen LogP contribution in [0.1, 0.15) is 11.1 Å². The third-order valence-corrected chi connectivity index (χ3v) is 3.45. The summed E-state index contributed by atoms with van der Waals surface area (Å²) in [6.45, 7) is 7.16. The Labute approximate surface area is 118 Å². The van der Waals surface area contributed by atoms with Gasteiger partial charge in [0, 0.05) is 31.2 Å². The van der Waals surface area contributed by atoms with E-state index >= 15 is 0 Å². The molecule has 1 fully saturated rings. The zero-order valence-corrected chi connectivity index (χ0v) is 12.1. The molecule has 0 bridgehead atoms. The van der Waals surface area contributed by atoms with Crippen molar-refractivity contribution in [3.63, 3.8) is 0 Å². The summed E-state index contributed by atoms with van der Waals surface area (Å²) in [5, 5.41) is 3.91. The van der Waals surface area contributed by atoms with Crippen LogP contribution in [0.5, 0.6) is 5.75 Å². The first-order valence-electron chi connectivity index (χ1n) is 6.46. The standard InChI is InChI=1S/C14H19ClN2O2/c1-10-7-12(15)8-11(2)14(10)19-9-13(18)17-5-3-16-4-6-17/h7-8,16H,3-6,9H2,1-2H3. The fraction of sp³-hybridized carbons (Fsp3) is 0.500. The van der Waals surface area contributed by atoms with E-state index in [1.54, 1.807) is 0 Å². The lowest BCUT2D eigenvalue weighted by atomic mass is 10.1. The van der Waals surface area contributed by atoms with Crippen LogP contribution in [0.4, 0.5) is 0 Å². The van der Waals surface area contributed by atoms with Crippen LogP contribution in [0.15, 0.2) is 12.1 Å². The number of amides is 1. The molecule has 5 heteroatoms. The number of carbonyl (C=O) groups is 1. The maximum atomic E-state index is 12.0. The number of ether oxygens (including phenoxy) is 1. The molecule has 0 aliphatic carbocycles. The molecule has 1 aromatic carbocycles. The average molecular weight is 283 g/mol. The lowest BCUT2D eigenvalue weighted by molar-refractivity contribution is -0.133. The Morgan fingerprint density at radius 1 is 1.32 bits per heavy atom. The first-order chi connectivity index (χ1) is 9.08. The second kappa shape index (κ2) is 6.26. The van der Waals surface area contributed by atoms with Gasteiger partial charge in [0.1, 0.15) is 5.75 Å². The molecule has 1 aromatic rings. The number of rotatable bonds is 3. The molecular weight excluding hydrogens is 264 g/mol. The molecule has 1 heterocycles. The minimum absolute atomic E-state index is 0.0373. The van der Waals surface area contributed by atoms with Crippen molar-refractivity contribution in [2.45, 2.75) is 13.8 Å². The van der Waals surface area contributed by atoms with E-state index in [0.29, 0.717) is 5.02 Å². The van der Waals surface area contributed by atoms with Crippen molar-refractivity contribution in [1.82, 2.24) is 10.2 Å². The van der Waals surface area contributed by atoms with Gasteiger partial charge in [-0.2, -0.15) is 0 Å². The lowest BCUT2D eigenvalue weighted by Gasteiger charge is -2.27. The largest absolute Gasteiger partial charge is 0.483 e. The Balaban J connectivity index is 1.96. The minimum Gasteiger partial charge on any atom is -0.483 e. The number of halogens is 1. The fourth-order valence-electron chi connectivity index (χ4n) is 2.26. The van der Waals surface area contributed by atoms with Crippen LogP contribution >= 0.6 is 11.6 Å². The number of hydrogen-bond donors (Lipinski definition) is 1. The van der Waals surface area contributed by atoms with Gasteiger partial charge in [-0.05, 0) is 37.1 Å². The van der Waals surface area contributed by atoms with E-state index in [-0.39, 0.29) is 12.5 Å². The predicted molar refractivity (Wildman–Crippen MR) is 75.9 cm³/mol. The normalized spacial score (nSPS) is 15.4. The second-order valence-corrected chi connectivity index (χ2v) is 5.22. The SMILES string of the molecule is Cc1cc(Cl)cc(C)c1OCC(=O)N1CCNCC1. The summed E-state index contributed by atoms with van der Waals surface area (Å²) in [5.74, 6) is 0.795. The molecule has 0 unspecified atom stereocenters. The van der Waals surface area contributed by atoms with Crippen molar-refractivity contribution >= 4 is 17.5 Å². The molecule has 0 atom stereocenters. The second-order valence-electron chi connectivity index (χ2n) is 4.79. The molecule has 0 spiro atoms. The summed E-state index contributed by atoms with van der Waals surface area (Å²) in [6.07, 6.45) is 0. The van der Waals surface area contributed by atoms with Crippen molar-refractivity contribution < 1.29 is 9.53 Å². The van der Waals surface area contributed by atoms with Crippen molar-refractivity contribution in [1.29, 1.82) is 0 Å². The fourth-order valence-corrected chi connectivity index (χ4v) is 2.59. The van der Waals surface area contributed by atoms with Crippen molar-refractivity contribution in [2.24, 2.45) is 0 Å². The van der Waals surface area contributed by atoms with E-state index in [1.165, 1.54) is 0 Å². The van der Waals surface area contributed by atoms with E-state index in [9.17, 15) is 4.79 Å². The summed E-state index contributed by atoms with van der Waals surface area (Å²) >= 11 is 5.97. The van der Waals surface area contributed by atoms with Gasteiger partial charge in [0.15, 0.2) is 6.61 Å². The molecule has 1 aliphatic heterocycles. The average Bonchev–Trinajstić information content (AvgIpc) is 2.38. The molecule has 1 amide bonds. The topological polar surface area (TPSA) is 41.6 Å². The number of benzene rings is 1. The molecule has 0 aromatic heterocycles. The highest BCUT2D eigenvalue weighted by atomic mass is 35.5. The van der Waals surface area contributed by atoms with E-state index in [4.69, 9.17) is 16.3 Å². The van der Waals surface area contributed by atoms with Crippen LogP contribution in [0, 0.1) is 13.8 Å². The van der Waals surface area contributed by atoms with Gasteiger partial charge in [-0.15, -0.1) is 0 Å². The highest BCUT2D eigenvalue weighted by Crippen LogP contribution is 2.26. The Bertz CT molecular complexity index is 448. The zero-order valence-electron chi connectivity index (χ0n) is 11.3. The molecule has 19 heavy (non-hydrogen) atoms. The number of nitrogens with zero attached hydrogens (tertiary/aromatic N) is 1. The van der Waals surface area contributed by atoms with Crippen LogP contribution < -0.4 is 10.1 Å². The summed E-state index contributed by atoms with van der Waals surface area (Å²) in [6, 6.07) is 3.69. The molecule has 104 valence electrons. The van der Waals surface area contributed by atoms with Gasteiger partial charge >= 0.3 is 0 Å². The first-order valence-corrected chi connectivity index (χ1v) is 6.84. The van der Waals surface area contributed by atoms with Crippen LogP contribution in [0.25, 0.3) is 0 Å². The Hall–Kier alpha value is -1.26. The third kappa shape index (κ3) is 3.61. The number of piperazine rings is 1. The molecule has 1 saturated heterocycles. The molecule has 0 saturated carbocycles. The van der Waals surface area contributed by atoms with Gasteiger partial charge in [-0.25, -0.2) is 0 Å². The molecule has 2 rings (SSSR count). The third-order valence-electron chi connectivity index (χ3n) is 3.23. The van der Waals surface area contributed by atoms with Crippen molar-refractivity contribution in [3.8, 4) is 5.75 Å². The van der Waals surface area contributed by atoms with Gasteiger partial charge in [0.05, 0.1) is 0 Å². The number of aryl methyl sites for hydroxylation is 2. The molecule has 1 N–H and O–H groups in total. The Morgan fingerprint density at radius 3 is 2.47 bits per heavy atom. The predicted octanol–water partition coefficient (Wildman–Crippen LogP) is 1.77. The summed E-state index contributed by atoms with van der Waals surface area (Å²) in [7, 11) is 0. The minimum atomic E-state index is 0.0373. The molecular formula is C14H19ClN2O2. The maximum Gasteiger partial charge on any atom is 0.260 e. The van der Waals surface area contributed by atoms with E-state index in [1.807, 2.05) is 30.9 Å².